The lowest BCUT2D eigenvalue weighted by molar-refractivity contribution is -0.121. The van der Waals surface area contributed by atoms with E-state index < -0.39 is 0 Å². The molecular weight excluding hydrogens is 366 g/mol. The van der Waals surface area contributed by atoms with Crippen LogP contribution in [0.25, 0.3) is 5.65 Å². The van der Waals surface area contributed by atoms with Gasteiger partial charge in [-0.15, -0.1) is 0 Å². The Kier molecular flexibility index (Phi) is 6.92. The van der Waals surface area contributed by atoms with Crippen LogP contribution in [0.1, 0.15) is 50.6 Å². The maximum Gasteiger partial charge on any atom is 0.315 e. The first kappa shape index (κ1) is 19.5. The van der Waals surface area contributed by atoms with Crippen molar-refractivity contribution in [3.05, 3.63) is 35.2 Å². The highest BCUT2D eigenvalue weighted by Gasteiger charge is 2.15. The number of hydrogen-bond donors (Lipinski definition) is 3. The number of imidazole rings is 1. The van der Waals surface area contributed by atoms with Crippen molar-refractivity contribution in [2.24, 2.45) is 0 Å². The fourth-order valence-electron chi connectivity index (χ4n) is 3.31. The third-order valence-electron chi connectivity index (χ3n) is 4.74. The maximum absolute atomic E-state index is 12.0. The van der Waals surface area contributed by atoms with Crippen LogP contribution in [0.3, 0.4) is 0 Å². The van der Waals surface area contributed by atoms with Crippen LogP contribution in [-0.4, -0.2) is 33.9 Å². The monoisotopic (exact) mass is 391 g/mol. The number of hydrogen-bond acceptors (Lipinski definition) is 3. The number of nitrogens with zero attached hydrogens (tertiary/aromatic N) is 2. The molecule has 146 valence electrons. The average Bonchev–Trinajstić information content (AvgIpc) is 3.06. The Labute approximate surface area is 163 Å². The molecule has 2 heterocycles. The summed E-state index contributed by atoms with van der Waals surface area (Å²) >= 11 is 5.95. The predicted molar refractivity (Wildman–Crippen MR) is 105 cm³/mol. The molecule has 8 heteroatoms. The van der Waals surface area contributed by atoms with E-state index in [4.69, 9.17) is 11.6 Å². The van der Waals surface area contributed by atoms with E-state index in [2.05, 4.69) is 20.9 Å². The summed E-state index contributed by atoms with van der Waals surface area (Å²) in [5, 5.41) is 9.31. The Morgan fingerprint density at radius 3 is 2.78 bits per heavy atom. The van der Waals surface area contributed by atoms with Crippen molar-refractivity contribution in [3.8, 4) is 0 Å². The summed E-state index contributed by atoms with van der Waals surface area (Å²) in [5.41, 5.74) is 1.56. The van der Waals surface area contributed by atoms with Crippen molar-refractivity contribution < 1.29 is 9.59 Å². The number of aromatic nitrogens is 2. The second-order valence-electron chi connectivity index (χ2n) is 6.96. The topological polar surface area (TPSA) is 87.5 Å². The van der Waals surface area contributed by atoms with Crippen molar-refractivity contribution in [2.75, 3.05) is 6.54 Å². The third kappa shape index (κ3) is 6.13. The van der Waals surface area contributed by atoms with Gasteiger partial charge in [0.15, 0.2) is 0 Å². The second-order valence-corrected chi connectivity index (χ2v) is 7.40. The van der Waals surface area contributed by atoms with Crippen LogP contribution in [0.15, 0.2) is 24.5 Å². The summed E-state index contributed by atoms with van der Waals surface area (Å²) in [7, 11) is 0. The van der Waals surface area contributed by atoms with Crippen LogP contribution in [-0.2, 0) is 11.3 Å². The van der Waals surface area contributed by atoms with Gasteiger partial charge in [-0.05, 0) is 31.4 Å². The summed E-state index contributed by atoms with van der Waals surface area (Å²) in [6, 6.07) is 3.77. The average molecular weight is 392 g/mol. The zero-order valence-electron chi connectivity index (χ0n) is 15.3. The first-order valence-electron chi connectivity index (χ1n) is 9.54. The highest BCUT2D eigenvalue weighted by Crippen LogP contribution is 2.17. The number of carbonyl (C=O) groups is 2. The minimum absolute atomic E-state index is 0.0559. The van der Waals surface area contributed by atoms with Gasteiger partial charge in [-0.25, -0.2) is 9.78 Å². The van der Waals surface area contributed by atoms with Crippen molar-refractivity contribution >= 4 is 29.2 Å². The number of fused-ring (bicyclic) bond motifs is 1. The zero-order chi connectivity index (χ0) is 19.1. The Morgan fingerprint density at radius 2 is 1.96 bits per heavy atom. The number of nitrogens with one attached hydrogen (secondary N) is 3. The molecular formula is C19H26ClN5O2. The summed E-state index contributed by atoms with van der Waals surface area (Å²) in [5.74, 6) is -0.0559. The van der Waals surface area contributed by atoms with Crippen molar-refractivity contribution in [1.82, 2.24) is 25.3 Å². The standard InChI is InChI=1S/C19H26ClN5O2/c20-14-8-9-17-23-16(13-25(17)12-14)11-22-18(26)7-4-10-21-19(27)24-15-5-2-1-3-6-15/h8-9,12-13,15H,1-7,10-11H2,(H,22,26)(H2,21,24,27). The van der Waals surface area contributed by atoms with Crippen LogP contribution >= 0.6 is 11.6 Å². The second kappa shape index (κ2) is 9.60. The molecule has 0 radical (unpaired) electrons. The Hall–Kier alpha value is -2.28. The van der Waals surface area contributed by atoms with E-state index in [1.54, 1.807) is 12.3 Å². The van der Waals surface area contributed by atoms with Gasteiger partial charge in [0.05, 0.1) is 17.3 Å². The number of halogens is 1. The Balaban J connectivity index is 1.30. The van der Waals surface area contributed by atoms with E-state index >= 15 is 0 Å². The largest absolute Gasteiger partial charge is 0.350 e. The molecule has 27 heavy (non-hydrogen) atoms. The van der Waals surface area contributed by atoms with Gasteiger partial charge in [-0.2, -0.15) is 0 Å². The van der Waals surface area contributed by atoms with Crippen molar-refractivity contribution in [3.63, 3.8) is 0 Å². The summed E-state index contributed by atoms with van der Waals surface area (Å²) in [6.45, 7) is 0.854. The SMILES string of the molecule is O=C(CCCNC(=O)NC1CCCCC1)NCc1cn2cc(Cl)ccc2n1. The molecule has 7 nitrogen and oxygen atoms in total. The number of urea groups is 1. The molecule has 2 aromatic rings. The van der Waals surface area contributed by atoms with Gasteiger partial charge in [0.25, 0.3) is 0 Å². The van der Waals surface area contributed by atoms with Crippen LogP contribution < -0.4 is 16.0 Å². The van der Waals surface area contributed by atoms with E-state index in [0.29, 0.717) is 37.0 Å². The summed E-state index contributed by atoms with van der Waals surface area (Å²) in [4.78, 5) is 28.2. The lowest BCUT2D eigenvalue weighted by Gasteiger charge is -2.22. The van der Waals surface area contributed by atoms with Gasteiger partial charge in [-0.1, -0.05) is 30.9 Å². The number of rotatable bonds is 7. The molecule has 0 bridgehead atoms. The highest BCUT2D eigenvalue weighted by atomic mass is 35.5. The molecule has 0 saturated heterocycles. The van der Waals surface area contributed by atoms with Gasteiger partial charge in [0.1, 0.15) is 5.65 Å². The van der Waals surface area contributed by atoms with Gasteiger partial charge >= 0.3 is 6.03 Å². The van der Waals surface area contributed by atoms with E-state index in [9.17, 15) is 9.59 Å². The van der Waals surface area contributed by atoms with Gasteiger partial charge in [0, 0.05) is 31.4 Å². The van der Waals surface area contributed by atoms with Gasteiger partial charge in [0.2, 0.25) is 5.91 Å². The molecule has 0 aromatic carbocycles. The molecule has 0 unspecified atom stereocenters. The van der Waals surface area contributed by atoms with Crippen molar-refractivity contribution in [1.29, 1.82) is 0 Å². The Bertz CT molecular complexity index is 785. The molecule has 0 atom stereocenters. The van der Waals surface area contributed by atoms with Crippen molar-refractivity contribution in [2.45, 2.75) is 57.5 Å². The van der Waals surface area contributed by atoms with Crippen LogP contribution in [0.5, 0.6) is 0 Å². The zero-order valence-corrected chi connectivity index (χ0v) is 16.1. The van der Waals surface area contributed by atoms with E-state index in [1.165, 1.54) is 19.3 Å². The molecule has 3 N–H and O–H groups in total. The van der Waals surface area contributed by atoms with E-state index in [0.717, 1.165) is 24.2 Å². The lowest BCUT2D eigenvalue weighted by Crippen LogP contribution is -2.43. The van der Waals surface area contributed by atoms with Crippen LogP contribution in [0, 0.1) is 0 Å². The molecule has 1 saturated carbocycles. The number of amides is 3. The van der Waals surface area contributed by atoms with Gasteiger partial charge < -0.3 is 20.4 Å². The molecule has 1 aliphatic rings. The number of carbonyl (C=O) groups excluding carboxylic acids is 2. The molecule has 0 aliphatic heterocycles. The minimum atomic E-state index is -0.134. The maximum atomic E-state index is 12.0. The lowest BCUT2D eigenvalue weighted by atomic mass is 9.96. The third-order valence-corrected chi connectivity index (χ3v) is 4.96. The Morgan fingerprint density at radius 1 is 1.15 bits per heavy atom. The molecule has 1 fully saturated rings. The van der Waals surface area contributed by atoms with E-state index in [-0.39, 0.29) is 11.9 Å². The van der Waals surface area contributed by atoms with Crippen LogP contribution in [0.4, 0.5) is 4.79 Å². The fourth-order valence-corrected chi connectivity index (χ4v) is 3.48. The van der Waals surface area contributed by atoms with Gasteiger partial charge in [-0.3, -0.25) is 4.79 Å². The van der Waals surface area contributed by atoms with E-state index in [1.807, 2.05) is 16.7 Å². The summed E-state index contributed by atoms with van der Waals surface area (Å²) < 4.78 is 1.83. The predicted octanol–water partition coefficient (Wildman–Crippen LogP) is 3.02. The molecule has 3 amide bonds. The molecule has 0 spiro atoms. The summed E-state index contributed by atoms with van der Waals surface area (Å²) in [6.07, 6.45) is 10.3. The molecule has 1 aliphatic carbocycles. The minimum Gasteiger partial charge on any atom is -0.350 e. The first-order chi connectivity index (χ1) is 13.1. The quantitative estimate of drug-likeness (QED) is 0.634. The normalized spacial score (nSPS) is 14.9. The highest BCUT2D eigenvalue weighted by molar-refractivity contribution is 6.30. The smallest absolute Gasteiger partial charge is 0.315 e. The molecule has 3 rings (SSSR count). The first-order valence-corrected chi connectivity index (χ1v) is 9.92. The molecule has 2 aromatic heterocycles. The van der Waals surface area contributed by atoms with Crippen LogP contribution in [0.2, 0.25) is 5.02 Å². The fraction of sp³-hybridized carbons (Fsp3) is 0.526. The number of pyridine rings is 1.